The van der Waals surface area contributed by atoms with E-state index in [0.29, 0.717) is 12.5 Å². The second-order valence-electron chi connectivity index (χ2n) is 4.39. The second kappa shape index (κ2) is 4.17. The Kier molecular flexibility index (Phi) is 2.87. The summed E-state index contributed by atoms with van der Waals surface area (Å²) in [5, 5.41) is 12.7. The molecule has 1 atom stereocenters. The molecule has 2 N–H and O–H groups in total. The Hall–Kier alpha value is -1.49. The van der Waals surface area contributed by atoms with Gasteiger partial charge >= 0.3 is 0 Å². The zero-order chi connectivity index (χ0) is 11.7. The molecule has 0 fully saturated rings. The molecule has 2 rings (SSSR count). The van der Waals surface area contributed by atoms with Crippen LogP contribution in [0.25, 0.3) is 5.65 Å². The van der Waals surface area contributed by atoms with Crippen molar-refractivity contribution >= 4 is 5.65 Å². The van der Waals surface area contributed by atoms with Crippen LogP contribution in [0.15, 0.2) is 12.1 Å². The van der Waals surface area contributed by atoms with Crippen LogP contribution in [0.4, 0.5) is 0 Å². The van der Waals surface area contributed by atoms with Crippen molar-refractivity contribution in [2.24, 2.45) is 11.7 Å². The number of hydrogen-bond donors (Lipinski definition) is 1. The van der Waals surface area contributed by atoms with Crippen LogP contribution >= 0.6 is 0 Å². The predicted molar refractivity (Wildman–Crippen MR) is 62.2 cm³/mol. The van der Waals surface area contributed by atoms with Gasteiger partial charge in [0.1, 0.15) is 0 Å². The number of hydrogen-bond acceptors (Lipinski definition) is 4. The molecule has 16 heavy (non-hydrogen) atoms. The van der Waals surface area contributed by atoms with Gasteiger partial charge in [0.25, 0.3) is 0 Å². The highest BCUT2D eigenvalue weighted by atomic mass is 15.4. The molecule has 5 nitrogen and oxygen atoms in total. The van der Waals surface area contributed by atoms with Gasteiger partial charge in [-0.15, -0.1) is 10.2 Å². The summed E-state index contributed by atoms with van der Waals surface area (Å²) in [6.45, 7) is 6.78. The first-order chi connectivity index (χ1) is 7.63. The molecule has 0 bridgehead atoms. The lowest BCUT2D eigenvalue weighted by molar-refractivity contribution is 0.473. The monoisotopic (exact) mass is 219 g/mol. The number of nitrogens with zero attached hydrogens (tertiary/aromatic N) is 4. The van der Waals surface area contributed by atoms with Crippen LogP contribution in [0.3, 0.4) is 0 Å². The van der Waals surface area contributed by atoms with Gasteiger partial charge in [0, 0.05) is 12.5 Å². The van der Waals surface area contributed by atoms with E-state index in [9.17, 15) is 0 Å². The van der Waals surface area contributed by atoms with Gasteiger partial charge in [-0.3, -0.25) is 0 Å². The van der Waals surface area contributed by atoms with Gasteiger partial charge in [0.15, 0.2) is 11.5 Å². The first kappa shape index (κ1) is 11.0. The molecule has 0 saturated carbocycles. The van der Waals surface area contributed by atoms with Crippen molar-refractivity contribution in [2.75, 3.05) is 6.54 Å². The number of aryl methyl sites for hydroxylation is 1. The number of nitrogens with two attached hydrogens (primary N) is 1. The van der Waals surface area contributed by atoms with Gasteiger partial charge in [-0.05, 0) is 25.0 Å². The van der Waals surface area contributed by atoms with E-state index in [0.717, 1.165) is 17.2 Å². The van der Waals surface area contributed by atoms with Crippen molar-refractivity contribution < 1.29 is 0 Å². The number of rotatable bonds is 3. The van der Waals surface area contributed by atoms with Crippen molar-refractivity contribution in [1.82, 2.24) is 19.8 Å². The molecular formula is C11H17N5. The fourth-order valence-electron chi connectivity index (χ4n) is 1.80. The van der Waals surface area contributed by atoms with E-state index in [1.54, 1.807) is 4.52 Å². The molecule has 0 aliphatic rings. The molecule has 1 unspecified atom stereocenters. The average Bonchev–Trinajstić information content (AvgIpc) is 2.62. The summed E-state index contributed by atoms with van der Waals surface area (Å²) in [6.07, 6.45) is 0. The summed E-state index contributed by atoms with van der Waals surface area (Å²) in [6, 6.07) is 3.85. The van der Waals surface area contributed by atoms with Crippen LogP contribution < -0.4 is 5.73 Å². The zero-order valence-electron chi connectivity index (χ0n) is 9.88. The summed E-state index contributed by atoms with van der Waals surface area (Å²) in [5.74, 6) is 1.49. The van der Waals surface area contributed by atoms with E-state index in [-0.39, 0.29) is 5.92 Å². The van der Waals surface area contributed by atoms with Gasteiger partial charge < -0.3 is 5.73 Å². The van der Waals surface area contributed by atoms with E-state index in [1.165, 1.54) is 0 Å². The second-order valence-corrected chi connectivity index (χ2v) is 4.39. The topological polar surface area (TPSA) is 69.1 Å². The third-order valence-electron chi connectivity index (χ3n) is 2.81. The maximum atomic E-state index is 5.79. The minimum atomic E-state index is 0.198. The fourth-order valence-corrected chi connectivity index (χ4v) is 1.80. The highest BCUT2D eigenvalue weighted by Gasteiger charge is 2.20. The molecule has 0 radical (unpaired) electrons. The standard InChI is InChI=1S/C11H17N5/c1-7(2)9(6-12)11-14-13-10-5-4-8(3)15-16(10)11/h4-5,7,9H,6,12H2,1-3H3. The fraction of sp³-hybridized carbons (Fsp3) is 0.545. The molecule has 0 aliphatic heterocycles. The van der Waals surface area contributed by atoms with Gasteiger partial charge in [0.05, 0.1) is 5.69 Å². The van der Waals surface area contributed by atoms with Crippen LogP contribution in [0.1, 0.15) is 31.3 Å². The maximum absolute atomic E-state index is 5.79. The molecule has 5 heteroatoms. The van der Waals surface area contributed by atoms with E-state index in [1.807, 2.05) is 19.1 Å². The predicted octanol–water partition coefficient (Wildman–Crippen LogP) is 1.13. The SMILES string of the molecule is Cc1ccc2nnc(C(CN)C(C)C)n2n1. The van der Waals surface area contributed by atoms with Crippen molar-refractivity contribution in [3.63, 3.8) is 0 Å². The van der Waals surface area contributed by atoms with Crippen LogP contribution in [0.5, 0.6) is 0 Å². The molecule has 2 aromatic rings. The highest BCUT2D eigenvalue weighted by Crippen LogP contribution is 2.21. The lowest BCUT2D eigenvalue weighted by Gasteiger charge is -2.16. The van der Waals surface area contributed by atoms with Gasteiger partial charge in [0.2, 0.25) is 0 Å². The molecule has 2 heterocycles. The Balaban J connectivity index is 2.55. The minimum absolute atomic E-state index is 0.198. The summed E-state index contributed by atoms with van der Waals surface area (Å²) in [5.41, 5.74) is 7.51. The third-order valence-corrected chi connectivity index (χ3v) is 2.81. The molecule has 0 aromatic carbocycles. The van der Waals surface area contributed by atoms with Crippen molar-refractivity contribution in [1.29, 1.82) is 0 Å². The van der Waals surface area contributed by atoms with Crippen LogP contribution in [0.2, 0.25) is 0 Å². The highest BCUT2D eigenvalue weighted by molar-refractivity contribution is 5.36. The van der Waals surface area contributed by atoms with E-state index < -0.39 is 0 Å². The Morgan fingerprint density at radius 3 is 2.69 bits per heavy atom. The normalized spacial score (nSPS) is 13.6. The van der Waals surface area contributed by atoms with Gasteiger partial charge in [-0.1, -0.05) is 13.8 Å². The Bertz CT molecular complexity index is 488. The molecule has 0 spiro atoms. The zero-order valence-corrected chi connectivity index (χ0v) is 9.88. The number of aromatic nitrogens is 4. The molecule has 86 valence electrons. The first-order valence-corrected chi connectivity index (χ1v) is 5.52. The van der Waals surface area contributed by atoms with E-state index in [2.05, 4.69) is 29.1 Å². The summed E-state index contributed by atoms with van der Waals surface area (Å²) in [7, 11) is 0. The largest absolute Gasteiger partial charge is 0.330 e. The summed E-state index contributed by atoms with van der Waals surface area (Å²) in [4.78, 5) is 0. The molecule has 0 saturated heterocycles. The van der Waals surface area contributed by atoms with E-state index in [4.69, 9.17) is 5.73 Å². The minimum Gasteiger partial charge on any atom is -0.330 e. The van der Waals surface area contributed by atoms with Gasteiger partial charge in [-0.2, -0.15) is 9.61 Å². The maximum Gasteiger partial charge on any atom is 0.177 e. The molecule has 0 amide bonds. The average molecular weight is 219 g/mol. The Morgan fingerprint density at radius 1 is 1.31 bits per heavy atom. The van der Waals surface area contributed by atoms with Crippen LogP contribution in [-0.2, 0) is 0 Å². The lowest BCUT2D eigenvalue weighted by atomic mass is 9.95. The van der Waals surface area contributed by atoms with Crippen LogP contribution in [0, 0.1) is 12.8 Å². The van der Waals surface area contributed by atoms with Crippen molar-refractivity contribution in [3.8, 4) is 0 Å². The van der Waals surface area contributed by atoms with Crippen molar-refractivity contribution in [2.45, 2.75) is 26.7 Å². The Labute approximate surface area is 94.7 Å². The molecule has 2 aromatic heterocycles. The summed E-state index contributed by atoms with van der Waals surface area (Å²) >= 11 is 0. The van der Waals surface area contributed by atoms with Crippen molar-refractivity contribution in [3.05, 3.63) is 23.7 Å². The molecular weight excluding hydrogens is 202 g/mol. The smallest absolute Gasteiger partial charge is 0.177 e. The first-order valence-electron chi connectivity index (χ1n) is 5.52. The third kappa shape index (κ3) is 1.78. The lowest BCUT2D eigenvalue weighted by Crippen LogP contribution is -2.21. The number of fused-ring (bicyclic) bond motifs is 1. The van der Waals surface area contributed by atoms with Gasteiger partial charge in [-0.25, -0.2) is 0 Å². The summed E-state index contributed by atoms with van der Waals surface area (Å²) < 4.78 is 1.80. The van der Waals surface area contributed by atoms with Crippen LogP contribution in [-0.4, -0.2) is 26.4 Å². The molecule has 0 aliphatic carbocycles. The quantitative estimate of drug-likeness (QED) is 0.840. The van der Waals surface area contributed by atoms with E-state index >= 15 is 0 Å². The Morgan fingerprint density at radius 2 is 2.06 bits per heavy atom.